The van der Waals surface area contributed by atoms with Crippen molar-refractivity contribution in [1.82, 2.24) is 5.32 Å². The molecule has 0 aliphatic carbocycles. The number of aliphatic hydroxyl groups excluding tert-OH is 1. The molecule has 1 atom stereocenters. The molecule has 0 aromatic heterocycles. The fraction of sp³-hybridized carbons (Fsp3) is 0.556. The van der Waals surface area contributed by atoms with E-state index < -0.39 is 21.9 Å². The zero-order valence-electron chi connectivity index (χ0n) is 21.4. The van der Waals surface area contributed by atoms with Crippen molar-refractivity contribution in [3.63, 3.8) is 0 Å². The van der Waals surface area contributed by atoms with Crippen LogP contribution in [0.1, 0.15) is 68.7 Å². The van der Waals surface area contributed by atoms with E-state index in [1.165, 1.54) is 6.07 Å². The Kier molecular flexibility index (Phi) is 10.7. The van der Waals surface area contributed by atoms with E-state index in [1.807, 2.05) is 38.1 Å². The molecule has 0 unspecified atom stereocenters. The number of fused-ring (bicyclic) bond motifs is 1. The first-order valence-electron chi connectivity index (χ1n) is 12.7. The fourth-order valence-electron chi connectivity index (χ4n) is 4.07. The van der Waals surface area contributed by atoms with E-state index in [2.05, 4.69) is 5.32 Å². The second-order valence-corrected chi connectivity index (χ2v) is 11.3. The molecule has 0 radical (unpaired) electrons. The Morgan fingerprint density at radius 1 is 1.08 bits per heavy atom. The Balaban J connectivity index is 1.18. The lowest BCUT2D eigenvalue weighted by atomic mass is 10.0. The van der Waals surface area contributed by atoms with Crippen molar-refractivity contribution in [2.24, 2.45) is 5.14 Å². The summed E-state index contributed by atoms with van der Waals surface area (Å²) in [4.78, 5) is 0.160. The molecule has 1 heterocycles. The van der Waals surface area contributed by atoms with Gasteiger partial charge in [0.15, 0.2) is 0 Å². The van der Waals surface area contributed by atoms with Crippen LogP contribution < -0.4 is 15.2 Å². The number of hydrogen-bond donors (Lipinski definition) is 3. The molecular formula is C27H40N2O6S. The number of ether oxygens (including phenoxy) is 3. The number of rotatable bonds is 15. The molecule has 0 fully saturated rings. The van der Waals surface area contributed by atoms with Gasteiger partial charge in [-0.05, 0) is 80.5 Å². The van der Waals surface area contributed by atoms with Crippen LogP contribution in [0.4, 0.5) is 0 Å². The first kappa shape index (κ1) is 28.6. The molecule has 0 amide bonds. The number of unbranched alkanes of at least 4 members (excludes halogenated alkanes) is 3. The minimum atomic E-state index is -3.65. The normalized spacial score (nSPS) is 15.8. The highest BCUT2D eigenvalue weighted by Gasteiger charge is 2.27. The molecule has 0 spiro atoms. The highest BCUT2D eigenvalue weighted by molar-refractivity contribution is 7.89. The van der Waals surface area contributed by atoms with Crippen LogP contribution in [0.25, 0.3) is 0 Å². The van der Waals surface area contributed by atoms with E-state index in [9.17, 15) is 13.5 Å². The topological polar surface area (TPSA) is 120 Å². The Morgan fingerprint density at radius 2 is 1.86 bits per heavy atom. The molecule has 4 N–H and O–H groups in total. The highest BCUT2D eigenvalue weighted by Crippen LogP contribution is 2.32. The monoisotopic (exact) mass is 520 g/mol. The van der Waals surface area contributed by atoms with Gasteiger partial charge in [-0.2, -0.15) is 0 Å². The van der Waals surface area contributed by atoms with Crippen LogP contribution in [0.2, 0.25) is 0 Å². The number of aryl methyl sites for hydroxylation is 1. The molecule has 9 heteroatoms. The van der Waals surface area contributed by atoms with Gasteiger partial charge in [0.2, 0.25) is 15.8 Å². The molecule has 0 saturated carbocycles. The SMILES string of the molecule is CC1(C)OCc2cc([C@@H](O)CNCCCCCOCCCCc3cccc(S(N)(=O)=O)c3)ccc2O1. The van der Waals surface area contributed by atoms with Crippen LogP contribution in [0.5, 0.6) is 5.75 Å². The molecule has 2 aromatic carbocycles. The van der Waals surface area contributed by atoms with E-state index in [1.54, 1.807) is 12.1 Å². The number of primary sulfonamides is 1. The van der Waals surface area contributed by atoms with Gasteiger partial charge in [0.25, 0.3) is 0 Å². The molecule has 2 aromatic rings. The third-order valence-corrected chi connectivity index (χ3v) is 7.02. The van der Waals surface area contributed by atoms with Crippen LogP contribution in [0.3, 0.4) is 0 Å². The van der Waals surface area contributed by atoms with Gasteiger partial charge in [-0.15, -0.1) is 0 Å². The lowest BCUT2D eigenvalue weighted by Gasteiger charge is -2.33. The van der Waals surface area contributed by atoms with Crippen molar-refractivity contribution in [1.29, 1.82) is 0 Å². The average molecular weight is 521 g/mol. The van der Waals surface area contributed by atoms with Crippen LogP contribution in [0.15, 0.2) is 47.4 Å². The molecule has 3 rings (SSSR count). The molecule has 0 saturated heterocycles. The average Bonchev–Trinajstić information content (AvgIpc) is 2.83. The Labute approximate surface area is 215 Å². The third kappa shape index (κ3) is 9.46. The first-order valence-corrected chi connectivity index (χ1v) is 14.2. The van der Waals surface area contributed by atoms with Crippen LogP contribution in [-0.4, -0.2) is 45.6 Å². The third-order valence-electron chi connectivity index (χ3n) is 6.11. The maximum atomic E-state index is 11.4. The second kappa shape index (κ2) is 13.5. The molecule has 200 valence electrons. The Morgan fingerprint density at radius 3 is 2.64 bits per heavy atom. The second-order valence-electron chi connectivity index (χ2n) is 9.70. The van der Waals surface area contributed by atoms with E-state index in [0.717, 1.165) is 74.1 Å². The van der Waals surface area contributed by atoms with E-state index in [-0.39, 0.29) is 4.90 Å². The maximum Gasteiger partial charge on any atom is 0.238 e. The van der Waals surface area contributed by atoms with Crippen LogP contribution >= 0.6 is 0 Å². The quantitative estimate of drug-likeness (QED) is 0.305. The van der Waals surface area contributed by atoms with Gasteiger partial charge < -0.3 is 24.6 Å². The van der Waals surface area contributed by atoms with Gasteiger partial charge in [-0.25, -0.2) is 13.6 Å². The van der Waals surface area contributed by atoms with Gasteiger partial charge in [0.1, 0.15) is 5.75 Å². The molecule has 8 nitrogen and oxygen atoms in total. The summed E-state index contributed by atoms with van der Waals surface area (Å²) in [5, 5.41) is 19.0. The molecule has 1 aliphatic heterocycles. The lowest BCUT2D eigenvalue weighted by Crippen LogP contribution is -2.35. The van der Waals surface area contributed by atoms with E-state index in [4.69, 9.17) is 19.3 Å². The maximum absolute atomic E-state index is 11.4. The fourth-order valence-corrected chi connectivity index (χ4v) is 4.65. The van der Waals surface area contributed by atoms with Crippen molar-refractivity contribution in [2.75, 3.05) is 26.3 Å². The number of hydrogen-bond acceptors (Lipinski definition) is 7. The van der Waals surface area contributed by atoms with Crippen LogP contribution in [0, 0.1) is 0 Å². The van der Waals surface area contributed by atoms with Crippen LogP contribution in [-0.2, 0) is 32.5 Å². The Hall–Kier alpha value is -2.01. The standard InChI is InChI=1S/C27H40N2O6S/c1-27(2)34-20-23-18-22(12-13-26(23)35-27)25(30)19-29-14-5-3-6-15-33-16-7-4-9-21-10-8-11-24(17-21)36(28,31)32/h8,10-13,17-18,25,29-30H,3-7,9,14-16,19-20H2,1-2H3,(H2,28,31,32)/t25-/m0/s1. The summed E-state index contributed by atoms with van der Waals surface area (Å²) in [5.74, 6) is 0.194. The molecule has 1 aliphatic rings. The minimum absolute atomic E-state index is 0.160. The van der Waals surface area contributed by atoms with Crippen molar-refractivity contribution < 1.29 is 27.7 Å². The van der Waals surface area contributed by atoms with Crippen molar-refractivity contribution in [3.05, 3.63) is 59.2 Å². The molecule has 0 bridgehead atoms. The van der Waals surface area contributed by atoms with Crippen molar-refractivity contribution in [2.45, 2.75) is 75.8 Å². The number of nitrogens with two attached hydrogens (primary N) is 1. The first-order chi connectivity index (χ1) is 17.1. The summed E-state index contributed by atoms with van der Waals surface area (Å²) in [7, 11) is -3.65. The van der Waals surface area contributed by atoms with Gasteiger partial charge in [-0.3, -0.25) is 0 Å². The summed E-state index contributed by atoms with van der Waals surface area (Å²) in [6, 6.07) is 12.6. The lowest BCUT2D eigenvalue weighted by molar-refractivity contribution is -0.180. The largest absolute Gasteiger partial charge is 0.463 e. The summed E-state index contributed by atoms with van der Waals surface area (Å²) in [5.41, 5.74) is 2.79. The van der Waals surface area contributed by atoms with Gasteiger partial charge in [0, 0.05) is 39.2 Å². The smallest absolute Gasteiger partial charge is 0.238 e. The van der Waals surface area contributed by atoms with Gasteiger partial charge in [-0.1, -0.05) is 18.2 Å². The number of benzene rings is 2. The highest BCUT2D eigenvalue weighted by atomic mass is 32.2. The zero-order valence-corrected chi connectivity index (χ0v) is 22.2. The van der Waals surface area contributed by atoms with E-state index in [0.29, 0.717) is 19.8 Å². The van der Waals surface area contributed by atoms with Crippen molar-refractivity contribution >= 4 is 10.0 Å². The molecule has 36 heavy (non-hydrogen) atoms. The minimum Gasteiger partial charge on any atom is -0.463 e. The number of sulfonamides is 1. The zero-order chi connectivity index (χ0) is 26.0. The van der Waals surface area contributed by atoms with E-state index >= 15 is 0 Å². The van der Waals surface area contributed by atoms with Crippen molar-refractivity contribution in [3.8, 4) is 5.75 Å². The number of aliphatic hydroxyl groups is 1. The summed E-state index contributed by atoms with van der Waals surface area (Å²) < 4.78 is 40.1. The number of nitrogens with one attached hydrogen (secondary N) is 1. The van der Waals surface area contributed by atoms with Gasteiger partial charge in [0.05, 0.1) is 17.6 Å². The Bertz CT molecular complexity index is 1070. The molecular weight excluding hydrogens is 480 g/mol. The predicted octanol–water partition coefficient (Wildman–Crippen LogP) is 3.81. The summed E-state index contributed by atoms with van der Waals surface area (Å²) in [6.07, 6.45) is 5.18. The van der Waals surface area contributed by atoms with Gasteiger partial charge >= 0.3 is 0 Å². The predicted molar refractivity (Wildman–Crippen MR) is 139 cm³/mol. The summed E-state index contributed by atoms with van der Waals surface area (Å²) >= 11 is 0. The summed E-state index contributed by atoms with van der Waals surface area (Å²) in [6.45, 7) is 7.04.